The van der Waals surface area contributed by atoms with Gasteiger partial charge in [0.2, 0.25) is 0 Å². The molecule has 2 aromatic rings. The summed E-state index contributed by atoms with van der Waals surface area (Å²) in [6, 6.07) is 11.0. The van der Waals surface area contributed by atoms with Gasteiger partial charge >= 0.3 is 0 Å². The van der Waals surface area contributed by atoms with Gasteiger partial charge in [-0.3, -0.25) is 5.43 Å². The molecular weight excluding hydrogens is 328 g/mol. The van der Waals surface area contributed by atoms with Crippen molar-refractivity contribution in [2.24, 2.45) is 5.10 Å². The Bertz CT molecular complexity index is 705. The van der Waals surface area contributed by atoms with Crippen molar-refractivity contribution in [3.63, 3.8) is 0 Å². The molecule has 5 nitrogen and oxygen atoms in total. The molecular formula is C18H21ClN2O3. The molecule has 1 N–H and O–H groups in total. The molecule has 2 aromatic carbocycles. The van der Waals surface area contributed by atoms with Crippen LogP contribution in [0, 0.1) is 0 Å². The standard InChI is InChI=1S/C18H21ClN2O3/c1-4-9-24-17-7-5-13(10-18(17)23-3)12-20-21-14-6-8-16(22-2)15(19)11-14/h5-8,10-12,21H,4,9H2,1-3H3/b20-12+. The topological polar surface area (TPSA) is 52.1 Å². The summed E-state index contributed by atoms with van der Waals surface area (Å²) < 4.78 is 16.1. The maximum Gasteiger partial charge on any atom is 0.161 e. The Morgan fingerprint density at radius 2 is 1.79 bits per heavy atom. The van der Waals surface area contributed by atoms with E-state index in [1.54, 1.807) is 32.6 Å². The van der Waals surface area contributed by atoms with E-state index in [9.17, 15) is 0 Å². The molecule has 0 radical (unpaired) electrons. The van der Waals surface area contributed by atoms with E-state index in [1.807, 2.05) is 24.3 Å². The smallest absolute Gasteiger partial charge is 0.161 e. The van der Waals surface area contributed by atoms with Crippen molar-refractivity contribution >= 4 is 23.5 Å². The molecule has 2 rings (SSSR count). The van der Waals surface area contributed by atoms with Gasteiger partial charge in [-0.1, -0.05) is 18.5 Å². The van der Waals surface area contributed by atoms with Crippen LogP contribution in [0.1, 0.15) is 18.9 Å². The Balaban J connectivity index is 2.04. The number of halogens is 1. The second-order valence-corrected chi connectivity index (χ2v) is 5.39. The number of nitrogens with one attached hydrogen (secondary N) is 1. The van der Waals surface area contributed by atoms with Gasteiger partial charge in [0.05, 0.1) is 37.8 Å². The van der Waals surface area contributed by atoms with Gasteiger partial charge < -0.3 is 14.2 Å². The van der Waals surface area contributed by atoms with Gasteiger partial charge in [-0.15, -0.1) is 0 Å². The van der Waals surface area contributed by atoms with Crippen molar-refractivity contribution in [3.8, 4) is 17.2 Å². The molecule has 0 aliphatic rings. The average molecular weight is 349 g/mol. The van der Waals surface area contributed by atoms with E-state index in [4.69, 9.17) is 25.8 Å². The first-order chi connectivity index (χ1) is 11.7. The second-order valence-electron chi connectivity index (χ2n) is 4.98. The fourth-order valence-electron chi connectivity index (χ4n) is 2.01. The number of benzene rings is 2. The van der Waals surface area contributed by atoms with Crippen molar-refractivity contribution in [2.75, 3.05) is 26.3 Å². The molecule has 0 aliphatic heterocycles. The minimum atomic E-state index is 0.525. The van der Waals surface area contributed by atoms with E-state index in [1.165, 1.54) is 0 Å². The molecule has 0 amide bonds. The summed E-state index contributed by atoms with van der Waals surface area (Å²) in [5.74, 6) is 2.03. The van der Waals surface area contributed by atoms with Crippen molar-refractivity contribution in [1.29, 1.82) is 0 Å². The molecule has 0 aromatic heterocycles. The monoisotopic (exact) mass is 348 g/mol. The number of hydrazone groups is 1. The van der Waals surface area contributed by atoms with Crippen LogP contribution in [0.15, 0.2) is 41.5 Å². The summed E-state index contributed by atoms with van der Waals surface area (Å²) >= 11 is 6.08. The number of hydrogen-bond acceptors (Lipinski definition) is 5. The quantitative estimate of drug-likeness (QED) is 0.560. The third-order valence-electron chi connectivity index (χ3n) is 3.21. The maximum atomic E-state index is 6.08. The summed E-state index contributed by atoms with van der Waals surface area (Å²) in [5, 5.41) is 4.73. The van der Waals surface area contributed by atoms with Gasteiger partial charge in [0, 0.05) is 0 Å². The molecule has 128 valence electrons. The van der Waals surface area contributed by atoms with Gasteiger partial charge in [-0.2, -0.15) is 5.10 Å². The third kappa shape index (κ3) is 4.80. The first-order valence-corrected chi connectivity index (χ1v) is 7.99. The highest BCUT2D eigenvalue weighted by Crippen LogP contribution is 2.28. The number of rotatable bonds is 8. The lowest BCUT2D eigenvalue weighted by atomic mass is 10.2. The van der Waals surface area contributed by atoms with E-state index < -0.39 is 0 Å². The molecule has 0 aliphatic carbocycles. The highest BCUT2D eigenvalue weighted by atomic mass is 35.5. The van der Waals surface area contributed by atoms with Gasteiger partial charge in [-0.25, -0.2) is 0 Å². The zero-order valence-corrected chi connectivity index (χ0v) is 14.8. The fourth-order valence-corrected chi connectivity index (χ4v) is 2.27. The first kappa shape index (κ1) is 17.9. The van der Waals surface area contributed by atoms with E-state index in [0.29, 0.717) is 23.1 Å². The average Bonchev–Trinajstić information content (AvgIpc) is 2.60. The van der Waals surface area contributed by atoms with Crippen LogP contribution < -0.4 is 19.6 Å². The first-order valence-electron chi connectivity index (χ1n) is 7.61. The number of ether oxygens (including phenoxy) is 3. The molecule has 0 saturated heterocycles. The zero-order chi connectivity index (χ0) is 17.4. The number of hydrogen-bond donors (Lipinski definition) is 1. The van der Waals surface area contributed by atoms with Crippen LogP contribution in [0.3, 0.4) is 0 Å². The van der Waals surface area contributed by atoms with Crippen molar-refractivity contribution in [1.82, 2.24) is 0 Å². The predicted octanol–water partition coefficient (Wildman–Crippen LogP) is 4.59. The maximum absolute atomic E-state index is 6.08. The van der Waals surface area contributed by atoms with Crippen LogP contribution in [-0.4, -0.2) is 27.0 Å². The van der Waals surface area contributed by atoms with E-state index >= 15 is 0 Å². The summed E-state index contributed by atoms with van der Waals surface area (Å²) in [5.41, 5.74) is 4.59. The van der Waals surface area contributed by atoms with E-state index in [2.05, 4.69) is 17.5 Å². The van der Waals surface area contributed by atoms with Crippen molar-refractivity contribution < 1.29 is 14.2 Å². The minimum Gasteiger partial charge on any atom is -0.495 e. The van der Waals surface area contributed by atoms with E-state index in [0.717, 1.165) is 23.4 Å². The molecule has 0 heterocycles. The molecule has 0 fully saturated rings. The number of anilines is 1. The highest BCUT2D eigenvalue weighted by molar-refractivity contribution is 6.32. The normalized spacial score (nSPS) is 10.7. The number of methoxy groups -OCH3 is 2. The molecule has 0 spiro atoms. The molecule has 0 bridgehead atoms. The fraction of sp³-hybridized carbons (Fsp3) is 0.278. The van der Waals surface area contributed by atoms with Gasteiger partial charge in [0.15, 0.2) is 11.5 Å². The van der Waals surface area contributed by atoms with Crippen molar-refractivity contribution in [3.05, 3.63) is 47.0 Å². The summed E-state index contributed by atoms with van der Waals surface area (Å²) in [6.45, 7) is 2.72. The van der Waals surface area contributed by atoms with Crippen LogP contribution in [0.2, 0.25) is 5.02 Å². The largest absolute Gasteiger partial charge is 0.495 e. The Labute approximate surface area is 147 Å². The highest BCUT2D eigenvalue weighted by Gasteiger charge is 2.05. The molecule has 6 heteroatoms. The molecule has 0 atom stereocenters. The van der Waals surface area contributed by atoms with Crippen LogP contribution in [0.5, 0.6) is 17.2 Å². The van der Waals surface area contributed by atoms with Crippen LogP contribution in [0.25, 0.3) is 0 Å². The van der Waals surface area contributed by atoms with Crippen LogP contribution in [0.4, 0.5) is 5.69 Å². The third-order valence-corrected chi connectivity index (χ3v) is 3.50. The lowest BCUT2D eigenvalue weighted by molar-refractivity contribution is 0.294. The summed E-state index contributed by atoms with van der Waals surface area (Å²) in [6.07, 6.45) is 2.64. The van der Waals surface area contributed by atoms with Gasteiger partial charge in [0.1, 0.15) is 5.75 Å². The van der Waals surface area contributed by atoms with E-state index in [-0.39, 0.29) is 0 Å². The second kappa shape index (κ2) is 9.03. The Morgan fingerprint density at radius 1 is 1.04 bits per heavy atom. The Morgan fingerprint density at radius 3 is 2.46 bits per heavy atom. The lowest BCUT2D eigenvalue weighted by Gasteiger charge is -2.10. The van der Waals surface area contributed by atoms with Crippen LogP contribution >= 0.6 is 11.6 Å². The Kier molecular flexibility index (Phi) is 6.75. The zero-order valence-electron chi connectivity index (χ0n) is 14.0. The number of nitrogens with zero attached hydrogens (tertiary/aromatic N) is 1. The lowest BCUT2D eigenvalue weighted by Crippen LogP contribution is -1.98. The predicted molar refractivity (Wildman–Crippen MR) is 98.0 cm³/mol. The SMILES string of the molecule is CCCOc1ccc(/C=N/Nc2ccc(OC)c(Cl)c2)cc1OC. The van der Waals surface area contributed by atoms with Crippen molar-refractivity contribution in [2.45, 2.75) is 13.3 Å². The minimum absolute atomic E-state index is 0.525. The Hall–Kier alpha value is -2.40. The summed E-state index contributed by atoms with van der Waals surface area (Å²) in [4.78, 5) is 0. The molecule has 0 unspecified atom stereocenters. The van der Waals surface area contributed by atoms with Gasteiger partial charge in [-0.05, 0) is 48.4 Å². The molecule has 24 heavy (non-hydrogen) atoms. The summed E-state index contributed by atoms with van der Waals surface area (Å²) in [7, 11) is 3.19. The van der Waals surface area contributed by atoms with Gasteiger partial charge in [0.25, 0.3) is 0 Å². The van der Waals surface area contributed by atoms with Crippen LogP contribution in [-0.2, 0) is 0 Å². The molecule has 0 saturated carbocycles.